The van der Waals surface area contributed by atoms with Gasteiger partial charge in [0, 0.05) is 33.2 Å². The Balaban J connectivity index is 1.54. The third-order valence-electron chi connectivity index (χ3n) is 5.98. The molecule has 34 heavy (non-hydrogen) atoms. The Bertz CT molecular complexity index is 1380. The molecule has 0 bridgehead atoms. The van der Waals surface area contributed by atoms with Crippen molar-refractivity contribution in [3.63, 3.8) is 0 Å². The van der Waals surface area contributed by atoms with Crippen LogP contribution >= 0.6 is 23.2 Å². The Labute approximate surface area is 206 Å². The number of halogens is 2. The van der Waals surface area contributed by atoms with E-state index in [-0.39, 0.29) is 5.75 Å². The third kappa shape index (κ3) is 4.11. The number of benzene rings is 3. The summed E-state index contributed by atoms with van der Waals surface area (Å²) in [6, 6.07) is 18.9. The van der Waals surface area contributed by atoms with Crippen LogP contribution in [0.3, 0.4) is 0 Å². The van der Waals surface area contributed by atoms with Crippen molar-refractivity contribution in [2.45, 2.75) is 12.5 Å². The van der Waals surface area contributed by atoms with Crippen molar-refractivity contribution >= 4 is 46.0 Å². The largest absolute Gasteiger partial charge is 0.497 e. The molecule has 6 nitrogen and oxygen atoms in total. The van der Waals surface area contributed by atoms with Gasteiger partial charge in [0.1, 0.15) is 11.5 Å². The minimum Gasteiger partial charge on any atom is -0.497 e. The number of hydrogen-bond acceptors (Lipinski definition) is 4. The summed E-state index contributed by atoms with van der Waals surface area (Å²) in [5.41, 5.74) is 3.69. The number of hydrogen-bond donors (Lipinski definition) is 1. The summed E-state index contributed by atoms with van der Waals surface area (Å²) in [6.45, 7) is 0.345. The van der Waals surface area contributed by atoms with Crippen LogP contribution in [-0.2, 0) is 16.0 Å². The number of esters is 1. The topological polar surface area (TPSA) is 71.6 Å². The van der Waals surface area contributed by atoms with Crippen molar-refractivity contribution < 1.29 is 19.1 Å². The summed E-state index contributed by atoms with van der Waals surface area (Å²) in [7, 11) is 1.59. The van der Waals surface area contributed by atoms with Crippen molar-refractivity contribution in [3.05, 3.63) is 93.6 Å². The summed E-state index contributed by atoms with van der Waals surface area (Å²) < 4.78 is 10.6. The second-order valence-corrected chi connectivity index (χ2v) is 8.85. The molecule has 0 radical (unpaired) electrons. The molecule has 0 aliphatic carbocycles. The number of aromatic nitrogens is 1. The Hall–Kier alpha value is -3.48. The average Bonchev–Trinajstić information content (AvgIpc) is 3.22. The van der Waals surface area contributed by atoms with Crippen LogP contribution in [0.4, 0.5) is 0 Å². The lowest BCUT2D eigenvalue weighted by atomic mass is 9.92. The molecule has 172 valence electrons. The Kier molecular flexibility index (Phi) is 5.94. The highest BCUT2D eigenvalue weighted by atomic mass is 35.5. The SMILES string of the molecule is COc1ccc(C2c3[nH]c4ccc(Cl)cc4c3CCN2C(=O)C(=O)Oc2ccc(Cl)cc2)cc1. The van der Waals surface area contributed by atoms with Gasteiger partial charge in [-0.15, -0.1) is 0 Å². The first kappa shape index (κ1) is 22.3. The molecule has 1 unspecified atom stereocenters. The summed E-state index contributed by atoms with van der Waals surface area (Å²) >= 11 is 12.1. The van der Waals surface area contributed by atoms with E-state index in [4.69, 9.17) is 32.7 Å². The van der Waals surface area contributed by atoms with Crippen LogP contribution in [0.25, 0.3) is 10.9 Å². The molecule has 1 atom stereocenters. The molecule has 4 aromatic rings. The van der Waals surface area contributed by atoms with Gasteiger partial charge in [-0.05, 0) is 72.1 Å². The molecule has 5 rings (SSSR count). The van der Waals surface area contributed by atoms with Crippen LogP contribution in [0.15, 0.2) is 66.7 Å². The van der Waals surface area contributed by atoms with E-state index in [2.05, 4.69) is 4.98 Å². The molecule has 1 aromatic heterocycles. The summed E-state index contributed by atoms with van der Waals surface area (Å²) in [4.78, 5) is 31.1. The highest BCUT2D eigenvalue weighted by Crippen LogP contribution is 2.39. The van der Waals surface area contributed by atoms with Crippen molar-refractivity contribution in [2.24, 2.45) is 0 Å². The van der Waals surface area contributed by atoms with Crippen molar-refractivity contribution in [2.75, 3.05) is 13.7 Å². The normalized spacial score (nSPS) is 15.1. The van der Waals surface area contributed by atoms with Gasteiger partial charge in [0.05, 0.1) is 13.2 Å². The molecular formula is C26H20Cl2N2O4. The van der Waals surface area contributed by atoms with Crippen molar-refractivity contribution in [1.82, 2.24) is 9.88 Å². The minimum absolute atomic E-state index is 0.252. The number of methoxy groups -OCH3 is 1. The molecule has 1 amide bonds. The van der Waals surface area contributed by atoms with Gasteiger partial charge in [-0.2, -0.15) is 0 Å². The predicted octanol–water partition coefficient (Wildman–Crippen LogP) is 5.56. The molecule has 1 aliphatic rings. The van der Waals surface area contributed by atoms with E-state index >= 15 is 0 Å². The fourth-order valence-corrected chi connectivity index (χ4v) is 4.68. The maximum atomic E-state index is 13.3. The predicted molar refractivity (Wildman–Crippen MR) is 131 cm³/mol. The third-order valence-corrected chi connectivity index (χ3v) is 6.47. The quantitative estimate of drug-likeness (QED) is 0.230. The monoisotopic (exact) mass is 494 g/mol. The maximum absolute atomic E-state index is 13.3. The highest BCUT2D eigenvalue weighted by Gasteiger charge is 2.38. The summed E-state index contributed by atoms with van der Waals surface area (Å²) in [6.07, 6.45) is 0.572. The van der Waals surface area contributed by atoms with Crippen molar-refractivity contribution in [3.8, 4) is 11.5 Å². The Morgan fingerprint density at radius 3 is 2.32 bits per heavy atom. The Morgan fingerprint density at radius 2 is 1.62 bits per heavy atom. The number of rotatable bonds is 3. The first-order valence-electron chi connectivity index (χ1n) is 10.7. The lowest BCUT2D eigenvalue weighted by Gasteiger charge is -2.35. The molecule has 1 N–H and O–H groups in total. The zero-order valence-corrected chi connectivity index (χ0v) is 19.7. The smallest absolute Gasteiger partial charge is 0.402 e. The molecule has 0 fully saturated rings. The molecule has 0 saturated heterocycles. The van der Waals surface area contributed by atoms with Crippen molar-refractivity contribution in [1.29, 1.82) is 0 Å². The minimum atomic E-state index is -0.955. The zero-order chi connectivity index (χ0) is 23.8. The van der Waals surface area contributed by atoms with Gasteiger partial charge in [0.15, 0.2) is 0 Å². The number of nitrogens with zero attached hydrogens (tertiary/aromatic N) is 1. The van der Waals surface area contributed by atoms with Gasteiger partial charge >= 0.3 is 11.9 Å². The van der Waals surface area contributed by atoms with Gasteiger partial charge in [-0.3, -0.25) is 4.79 Å². The van der Waals surface area contributed by atoms with E-state index in [1.54, 1.807) is 36.3 Å². The van der Waals surface area contributed by atoms with Crippen LogP contribution in [0, 0.1) is 0 Å². The van der Waals surface area contributed by atoms with Crippen LogP contribution in [0.5, 0.6) is 11.5 Å². The number of aromatic amines is 1. The number of carbonyl (C=O) groups is 2. The maximum Gasteiger partial charge on any atom is 0.402 e. The van der Waals surface area contributed by atoms with Crippen LogP contribution in [-0.4, -0.2) is 35.4 Å². The summed E-state index contributed by atoms with van der Waals surface area (Å²) in [5.74, 6) is -0.730. The van der Waals surface area contributed by atoms with Crippen LogP contribution in [0.2, 0.25) is 10.0 Å². The molecule has 0 saturated carbocycles. The van der Waals surface area contributed by atoms with Gasteiger partial charge in [0.2, 0.25) is 0 Å². The van der Waals surface area contributed by atoms with E-state index in [1.165, 1.54) is 0 Å². The van der Waals surface area contributed by atoms with E-state index < -0.39 is 17.9 Å². The van der Waals surface area contributed by atoms with E-state index in [1.807, 2.05) is 42.5 Å². The van der Waals surface area contributed by atoms with Gasteiger partial charge in [0.25, 0.3) is 0 Å². The number of H-pyrrole nitrogens is 1. The second kappa shape index (κ2) is 9.05. The second-order valence-electron chi connectivity index (χ2n) is 7.97. The fourth-order valence-electron chi connectivity index (χ4n) is 4.38. The molecule has 1 aliphatic heterocycles. The van der Waals surface area contributed by atoms with Crippen LogP contribution in [0.1, 0.15) is 22.9 Å². The van der Waals surface area contributed by atoms with E-state index in [9.17, 15) is 9.59 Å². The highest BCUT2D eigenvalue weighted by molar-refractivity contribution is 6.33. The van der Waals surface area contributed by atoms with E-state index in [0.717, 1.165) is 27.7 Å². The number of nitrogens with one attached hydrogen (secondary N) is 1. The first-order chi connectivity index (χ1) is 16.4. The van der Waals surface area contributed by atoms with E-state index in [0.29, 0.717) is 28.8 Å². The lowest BCUT2D eigenvalue weighted by molar-refractivity contribution is -0.155. The molecule has 8 heteroatoms. The lowest BCUT2D eigenvalue weighted by Crippen LogP contribution is -2.45. The molecule has 3 aromatic carbocycles. The number of carbonyl (C=O) groups excluding carboxylic acids is 2. The summed E-state index contributed by atoms with van der Waals surface area (Å²) in [5, 5.41) is 2.16. The van der Waals surface area contributed by atoms with Gasteiger partial charge in [-0.25, -0.2) is 4.79 Å². The number of fused-ring (bicyclic) bond motifs is 3. The van der Waals surface area contributed by atoms with Gasteiger partial charge < -0.3 is 19.4 Å². The molecule has 0 spiro atoms. The number of amides is 1. The standard InChI is InChI=1S/C26H20Cl2N2O4/c1-33-18-7-2-15(3-8-18)24-23-20(21-14-17(28)6-11-22(21)29-23)12-13-30(24)25(31)26(32)34-19-9-4-16(27)5-10-19/h2-11,14,24,29H,12-13H2,1H3. The Morgan fingerprint density at radius 1 is 0.941 bits per heavy atom. The molecule has 2 heterocycles. The molecular weight excluding hydrogens is 475 g/mol. The number of ether oxygens (including phenoxy) is 2. The zero-order valence-electron chi connectivity index (χ0n) is 18.2. The first-order valence-corrected chi connectivity index (χ1v) is 11.4. The van der Waals surface area contributed by atoms with Crippen LogP contribution < -0.4 is 9.47 Å². The fraction of sp³-hybridized carbons (Fsp3) is 0.154. The van der Waals surface area contributed by atoms with Gasteiger partial charge in [-0.1, -0.05) is 35.3 Å². The average molecular weight is 495 g/mol.